The normalized spacial score (nSPS) is 18.3. The summed E-state index contributed by atoms with van der Waals surface area (Å²) < 4.78 is 27.3. The van der Waals surface area contributed by atoms with Gasteiger partial charge in [-0.1, -0.05) is 0 Å². The van der Waals surface area contributed by atoms with Gasteiger partial charge in [0.05, 0.1) is 25.5 Å². The molecule has 0 aromatic carbocycles. The van der Waals surface area contributed by atoms with Crippen LogP contribution in [-0.4, -0.2) is 76.5 Å². The van der Waals surface area contributed by atoms with Gasteiger partial charge in [0, 0.05) is 31.7 Å². The fraction of sp³-hybridized carbons (Fsp3) is 0.923. The molecule has 1 fully saturated rings. The van der Waals surface area contributed by atoms with Crippen molar-refractivity contribution in [3.63, 3.8) is 0 Å². The quantitative estimate of drug-likeness (QED) is 0.404. The zero-order chi connectivity index (χ0) is 16.6. The van der Waals surface area contributed by atoms with Gasteiger partial charge in [-0.05, 0) is 20.8 Å². The van der Waals surface area contributed by atoms with Crippen molar-refractivity contribution in [1.29, 1.82) is 0 Å². The highest BCUT2D eigenvalue weighted by Crippen LogP contribution is 2.16. The van der Waals surface area contributed by atoms with Crippen LogP contribution in [0.4, 0.5) is 0 Å². The molecule has 0 spiro atoms. The van der Waals surface area contributed by atoms with Gasteiger partial charge in [0.2, 0.25) is 10.0 Å². The third kappa shape index (κ3) is 7.39. The smallest absolute Gasteiger partial charge is 0.210 e. The van der Waals surface area contributed by atoms with Gasteiger partial charge in [-0.15, -0.1) is 0 Å². The zero-order valence-electron chi connectivity index (χ0n) is 13.8. The van der Waals surface area contributed by atoms with Gasteiger partial charge >= 0.3 is 0 Å². The maximum absolute atomic E-state index is 11.0. The van der Waals surface area contributed by atoms with E-state index in [-0.39, 0.29) is 17.8 Å². The lowest BCUT2D eigenvalue weighted by atomic mass is 10.0. The summed E-state index contributed by atoms with van der Waals surface area (Å²) in [7, 11) is -3.46. The number of hydrogen-bond donors (Lipinski definition) is 3. The predicted octanol–water partition coefficient (Wildman–Crippen LogP) is -1.06. The Morgan fingerprint density at radius 1 is 1.32 bits per heavy atom. The van der Waals surface area contributed by atoms with E-state index in [1.54, 1.807) is 0 Å². The van der Waals surface area contributed by atoms with Crippen LogP contribution in [0.5, 0.6) is 0 Å². The van der Waals surface area contributed by atoms with Crippen LogP contribution in [0.1, 0.15) is 20.8 Å². The second kappa shape index (κ2) is 8.66. The van der Waals surface area contributed by atoms with Gasteiger partial charge < -0.3 is 15.4 Å². The average Bonchev–Trinajstić information content (AvgIpc) is 2.44. The van der Waals surface area contributed by atoms with E-state index < -0.39 is 10.0 Å². The molecule has 1 saturated heterocycles. The minimum atomic E-state index is -3.46. The third-order valence-corrected chi connectivity index (χ3v) is 4.29. The SMILES string of the molecule is CCNC(=NCC(C)(C)N1CCOCC1)NCCS(N)(=O)=O. The molecule has 0 unspecified atom stereocenters. The Labute approximate surface area is 133 Å². The highest BCUT2D eigenvalue weighted by Gasteiger charge is 2.28. The molecular weight excluding hydrogens is 306 g/mol. The summed E-state index contributed by atoms with van der Waals surface area (Å²) in [6, 6.07) is 0. The first kappa shape index (κ1) is 19.1. The molecule has 1 rings (SSSR count). The number of nitrogens with one attached hydrogen (secondary N) is 2. The number of sulfonamides is 1. The van der Waals surface area contributed by atoms with E-state index in [0.29, 0.717) is 19.0 Å². The van der Waals surface area contributed by atoms with Crippen molar-refractivity contribution < 1.29 is 13.2 Å². The number of morpholine rings is 1. The second-order valence-electron chi connectivity index (χ2n) is 5.90. The molecule has 0 bridgehead atoms. The van der Waals surface area contributed by atoms with Crippen molar-refractivity contribution in [3.05, 3.63) is 0 Å². The van der Waals surface area contributed by atoms with Gasteiger partial charge in [-0.25, -0.2) is 13.6 Å². The first-order chi connectivity index (χ1) is 10.2. The number of guanidine groups is 1. The Morgan fingerprint density at radius 3 is 2.50 bits per heavy atom. The number of ether oxygens (including phenoxy) is 1. The van der Waals surface area contributed by atoms with E-state index in [9.17, 15) is 8.42 Å². The summed E-state index contributed by atoms with van der Waals surface area (Å²) in [5, 5.41) is 11.1. The predicted molar refractivity (Wildman–Crippen MR) is 88.4 cm³/mol. The van der Waals surface area contributed by atoms with E-state index in [1.807, 2.05) is 6.92 Å². The number of hydrogen-bond acceptors (Lipinski definition) is 5. The summed E-state index contributed by atoms with van der Waals surface area (Å²) in [5.74, 6) is 0.483. The molecule has 0 saturated carbocycles. The van der Waals surface area contributed by atoms with Crippen LogP contribution in [0, 0.1) is 0 Å². The first-order valence-corrected chi connectivity index (χ1v) is 9.31. The first-order valence-electron chi connectivity index (χ1n) is 7.60. The molecule has 22 heavy (non-hydrogen) atoms. The van der Waals surface area contributed by atoms with Gasteiger partial charge in [-0.2, -0.15) is 0 Å². The molecule has 130 valence electrons. The highest BCUT2D eigenvalue weighted by molar-refractivity contribution is 7.89. The van der Waals surface area contributed by atoms with Gasteiger partial charge in [0.15, 0.2) is 5.96 Å². The van der Waals surface area contributed by atoms with Crippen molar-refractivity contribution in [1.82, 2.24) is 15.5 Å². The third-order valence-electron chi connectivity index (χ3n) is 3.51. The molecule has 0 amide bonds. The summed E-state index contributed by atoms with van der Waals surface area (Å²) in [5.41, 5.74) is -0.0773. The molecule has 1 aliphatic rings. The summed E-state index contributed by atoms with van der Waals surface area (Å²) >= 11 is 0. The molecule has 1 aliphatic heterocycles. The summed E-state index contributed by atoms with van der Waals surface area (Å²) in [6.45, 7) is 11.1. The van der Waals surface area contributed by atoms with Crippen LogP contribution in [0.3, 0.4) is 0 Å². The second-order valence-corrected chi connectivity index (χ2v) is 7.63. The van der Waals surface area contributed by atoms with Crippen LogP contribution in [0.25, 0.3) is 0 Å². The molecule has 8 nitrogen and oxygen atoms in total. The number of nitrogens with two attached hydrogens (primary N) is 1. The molecule has 0 aromatic rings. The number of rotatable bonds is 7. The Morgan fingerprint density at radius 2 is 1.95 bits per heavy atom. The molecule has 9 heteroatoms. The molecule has 1 heterocycles. The van der Waals surface area contributed by atoms with Gasteiger partial charge in [0.1, 0.15) is 0 Å². The Hall–Kier alpha value is -0.900. The van der Waals surface area contributed by atoms with Crippen LogP contribution < -0.4 is 15.8 Å². The van der Waals surface area contributed by atoms with Gasteiger partial charge in [0.25, 0.3) is 0 Å². The standard InChI is InChI=1S/C13H29N5O3S/c1-4-15-12(16-5-10-22(14,19)20)17-11-13(2,3)18-6-8-21-9-7-18/h4-11H2,1-3H3,(H2,14,19,20)(H2,15,16,17). The number of aliphatic imine (C=N–C) groups is 1. The Kier molecular flexibility index (Phi) is 7.54. The van der Waals surface area contributed by atoms with E-state index in [0.717, 1.165) is 26.3 Å². The lowest BCUT2D eigenvalue weighted by Crippen LogP contribution is -2.52. The number of primary sulfonamides is 1. The lowest BCUT2D eigenvalue weighted by Gasteiger charge is -2.39. The fourth-order valence-electron chi connectivity index (χ4n) is 2.19. The molecule has 0 radical (unpaired) electrons. The molecule has 4 N–H and O–H groups in total. The van der Waals surface area contributed by atoms with Crippen LogP contribution in [0.15, 0.2) is 4.99 Å². The zero-order valence-corrected chi connectivity index (χ0v) is 14.6. The number of nitrogens with zero attached hydrogens (tertiary/aromatic N) is 2. The average molecular weight is 335 g/mol. The summed E-state index contributed by atoms with van der Waals surface area (Å²) in [6.07, 6.45) is 0. The van der Waals surface area contributed by atoms with E-state index in [1.165, 1.54) is 0 Å². The molecular formula is C13H29N5O3S. The van der Waals surface area contributed by atoms with Crippen molar-refractivity contribution >= 4 is 16.0 Å². The van der Waals surface area contributed by atoms with Crippen molar-refractivity contribution in [3.8, 4) is 0 Å². The van der Waals surface area contributed by atoms with Crippen molar-refractivity contribution in [2.45, 2.75) is 26.3 Å². The minimum absolute atomic E-state index is 0.0773. The van der Waals surface area contributed by atoms with Crippen molar-refractivity contribution in [2.75, 3.05) is 51.7 Å². The van der Waals surface area contributed by atoms with Crippen LogP contribution >= 0.6 is 0 Å². The summed E-state index contributed by atoms with van der Waals surface area (Å²) in [4.78, 5) is 6.91. The topological polar surface area (TPSA) is 109 Å². The molecule has 0 atom stereocenters. The van der Waals surface area contributed by atoms with Crippen molar-refractivity contribution in [2.24, 2.45) is 10.1 Å². The van der Waals surface area contributed by atoms with E-state index >= 15 is 0 Å². The largest absolute Gasteiger partial charge is 0.379 e. The van der Waals surface area contributed by atoms with Gasteiger partial charge in [-0.3, -0.25) is 9.89 Å². The highest BCUT2D eigenvalue weighted by atomic mass is 32.2. The lowest BCUT2D eigenvalue weighted by molar-refractivity contribution is -0.00683. The Balaban J connectivity index is 2.55. The monoisotopic (exact) mass is 335 g/mol. The molecule has 0 aromatic heterocycles. The van der Waals surface area contributed by atoms with E-state index in [2.05, 4.69) is 34.4 Å². The van der Waals surface area contributed by atoms with Crippen LogP contribution in [-0.2, 0) is 14.8 Å². The Bertz CT molecular complexity index is 458. The van der Waals surface area contributed by atoms with E-state index in [4.69, 9.17) is 9.88 Å². The minimum Gasteiger partial charge on any atom is -0.379 e. The fourth-order valence-corrected chi connectivity index (χ4v) is 2.58. The maximum Gasteiger partial charge on any atom is 0.210 e. The van der Waals surface area contributed by atoms with Crippen LogP contribution in [0.2, 0.25) is 0 Å². The maximum atomic E-state index is 11.0. The molecule has 0 aliphatic carbocycles.